The summed E-state index contributed by atoms with van der Waals surface area (Å²) < 4.78 is 5.17. The van der Waals surface area contributed by atoms with Crippen LogP contribution in [-0.4, -0.2) is 41.4 Å². The molecule has 1 N–H and O–H groups in total. The predicted molar refractivity (Wildman–Crippen MR) is 98.3 cm³/mol. The lowest BCUT2D eigenvalue weighted by atomic mass is 10.0. The van der Waals surface area contributed by atoms with Gasteiger partial charge in [0.2, 0.25) is 0 Å². The van der Waals surface area contributed by atoms with Crippen LogP contribution in [0.3, 0.4) is 0 Å². The number of thiophene rings is 1. The van der Waals surface area contributed by atoms with Crippen molar-refractivity contribution in [3.63, 3.8) is 0 Å². The summed E-state index contributed by atoms with van der Waals surface area (Å²) in [4.78, 5) is 50.6. The summed E-state index contributed by atoms with van der Waals surface area (Å²) in [6.07, 6.45) is 0. The molecule has 140 valence electrons. The van der Waals surface area contributed by atoms with Crippen molar-refractivity contribution in [2.24, 2.45) is 5.92 Å². The van der Waals surface area contributed by atoms with Crippen molar-refractivity contribution in [1.29, 1.82) is 0 Å². The number of nitrogens with zero attached hydrogens (tertiary/aromatic N) is 1. The zero-order valence-corrected chi connectivity index (χ0v) is 15.6. The number of carbonyl (C=O) groups excluding carboxylic acids is 4. The number of esters is 1. The summed E-state index contributed by atoms with van der Waals surface area (Å²) in [5.74, 6) is -2.32. The lowest BCUT2D eigenvalue weighted by Crippen LogP contribution is -2.46. The molecule has 1 aromatic heterocycles. The molecule has 1 aliphatic rings. The average Bonchev–Trinajstić information content (AvgIpc) is 3.26. The van der Waals surface area contributed by atoms with Gasteiger partial charge in [-0.2, -0.15) is 0 Å². The maximum Gasteiger partial charge on any atom is 0.330 e. The van der Waals surface area contributed by atoms with Crippen LogP contribution in [0.25, 0.3) is 0 Å². The predicted octanol–water partition coefficient (Wildman–Crippen LogP) is 2.30. The third kappa shape index (κ3) is 3.75. The van der Waals surface area contributed by atoms with E-state index >= 15 is 0 Å². The molecular weight excluding hydrogens is 368 g/mol. The fourth-order valence-corrected chi connectivity index (χ4v) is 3.32. The van der Waals surface area contributed by atoms with Crippen molar-refractivity contribution in [2.45, 2.75) is 19.9 Å². The highest BCUT2D eigenvalue weighted by molar-refractivity contribution is 7.12. The van der Waals surface area contributed by atoms with Gasteiger partial charge in [-0.15, -0.1) is 11.3 Å². The van der Waals surface area contributed by atoms with E-state index in [0.717, 1.165) is 4.90 Å². The van der Waals surface area contributed by atoms with E-state index in [1.165, 1.54) is 11.3 Å². The van der Waals surface area contributed by atoms with Crippen molar-refractivity contribution >= 4 is 35.0 Å². The molecule has 0 saturated carbocycles. The van der Waals surface area contributed by atoms with Crippen molar-refractivity contribution < 1.29 is 23.9 Å². The van der Waals surface area contributed by atoms with Crippen LogP contribution in [0.1, 0.15) is 44.2 Å². The molecule has 0 aliphatic carbocycles. The minimum Gasteiger partial charge on any atom is -0.442 e. The van der Waals surface area contributed by atoms with E-state index in [-0.39, 0.29) is 23.0 Å². The van der Waals surface area contributed by atoms with Crippen LogP contribution in [0.4, 0.5) is 0 Å². The van der Waals surface area contributed by atoms with Crippen LogP contribution in [-0.2, 0) is 9.53 Å². The van der Waals surface area contributed by atoms with Gasteiger partial charge in [0, 0.05) is 0 Å². The van der Waals surface area contributed by atoms with Gasteiger partial charge in [0.1, 0.15) is 6.04 Å². The Morgan fingerprint density at radius 3 is 2.22 bits per heavy atom. The molecule has 2 aromatic rings. The van der Waals surface area contributed by atoms with Gasteiger partial charge in [-0.1, -0.05) is 32.0 Å². The number of hydrogen-bond acceptors (Lipinski definition) is 6. The summed E-state index contributed by atoms with van der Waals surface area (Å²) in [5.41, 5.74) is 0.565. The molecule has 1 aliphatic heterocycles. The largest absolute Gasteiger partial charge is 0.442 e. The lowest BCUT2D eigenvalue weighted by molar-refractivity contribution is -0.149. The Labute approximate surface area is 159 Å². The third-order valence-electron chi connectivity index (χ3n) is 4.17. The monoisotopic (exact) mass is 386 g/mol. The van der Waals surface area contributed by atoms with Gasteiger partial charge in [0.15, 0.2) is 6.73 Å². The van der Waals surface area contributed by atoms with Crippen LogP contribution in [0, 0.1) is 5.92 Å². The number of ether oxygens (including phenoxy) is 1. The third-order valence-corrected chi connectivity index (χ3v) is 5.03. The molecule has 0 saturated heterocycles. The summed E-state index contributed by atoms with van der Waals surface area (Å²) in [7, 11) is 0. The van der Waals surface area contributed by atoms with Crippen LogP contribution in [0.5, 0.6) is 0 Å². The Kier molecular flexibility index (Phi) is 5.36. The quantitative estimate of drug-likeness (QED) is 0.607. The highest BCUT2D eigenvalue weighted by Crippen LogP contribution is 2.22. The Hall–Kier alpha value is -3.00. The molecular formula is C19H18N2O5S. The normalized spacial score (nSPS) is 14.3. The first kappa shape index (κ1) is 18.8. The van der Waals surface area contributed by atoms with E-state index in [9.17, 15) is 19.2 Å². The first-order valence-electron chi connectivity index (χ1n) is 8.36. The summed E-state index contributed by atoms with van der Waals surface area (Å²) in [6, 6.07) is 8.93. The second-order valence-electron chi connectivity index (χ2n) is 6.35. The summed E-state index contributed by atoms with van der Waals surface area (Å²) >= 11 is 1.26. The topological polar surface area (TPSA) is 92.8 Å². The van der Waals surface area contributed by atoms with Crippen LogP contribution < -0.4 is 5.32 Å². The molecule has 7 nitrogen and oxygen atoms in total. The number of amides is 3. The van der Waals surface area contributed by atoms with Crippen molar-refractivity contribution in [3.8, 4) is 0 Å². The Balaban J connectivity index is 1.64. The van der Waals surface area contributed by atoms with Gasteiger partial charge in [-0.05, 0) is 29.5 Å². The molecule has 0 spiro atoms. The molecule has 1 atom stereocenters. The van der Waals surface area contributed by atoms with Gasteiger partial charge in [-0.3, -0.25) is 14.4 Å². The molecule has 0 fully saturated rings. The van der Waals surface area contributed by atoms with E-state index in [1.807, 2.05) is 0 Å². The smallest absolute Gasteiger partial charge is 0.330 e. The van der Waals surface area contributed by atoms with Crippen LogP contribution in [0.2, 0.25) is 0 Å². The molecule has 2 heterocycles. The maximum absolute atomic E-state index is 12.4. The molecule has 8 heteroatoms. The maximum atomic E-state index is 12.4. The second kappa shape index (κ2) is 7.71. The Morgan fingerprint density at radius 2 is 1.70 bits per heavy atom. The van der Waals surface area contributed by atoms with E-state index < -0.39 is 30.6 Å². The van der Waals surface area contributed by atoms with Crippen molar-refractivity contribution in [3.05, 3.63) is 57.8 Å². The van der Waals surface area contributed by atoms with Gasteiger partial charge in [-0.25, -0.2) is 9.69 Å². The molecule has 27 heavy (non-hydrogen) atoms. The molecule has 3 rings (SSSR count). The highest BCUT2D eigenvalue weighted by atomic mass is 32.1. The highest BCUT2D eigenvalue weighted by Gasteiger charge is 2.36. The first-order valence-corrected chi connectivity index (χ1v) is 9.24. The molecule has 1 aromatic carbocycles. The van der Waals surface area contributed by atoms with Gasteiger partial charge >= 0.3 is 5.97 Å². The zero-order valence-electron chi connectivity index (χ0n) is 14.8. The van der Waals surface area contributed by atoms with E-state index in [2.05, 4.69) is 5.32 Å². The minimum absolute atomic E-state index is 0.233. The number of nitrogens with one attached hydrogen (secondary N) is 1. The van der Waals surface area contributed by atoms with Crippen LogP contribution >= 0.6 is 11.3 Å². The Morgan fingerprint density at radius 1 is 1.07 bits per heavy atom. The van der Waals surface area contributed by atoms with Crippen molar-refractivity contribution in [2.75, 3.05) is 6.73 Å². The minimum atomic E-state index is -0.894. The average molecular weight is 386 g/mol. The van der Waals surface area contributed by atoms with Crippen LogP contribution in [0.15, 0.2) is 41.8 Å². The van der Waals surface area contributed by atoms with E-state index in [0.29, 0.717) is 4.88 Å². The SMILES string of the molecule is CC(C)C(NC(=O)c1cccs1)C(=O)OCN1C(=O)c2ccccc2C1=O. The number of benzene rings is 1. The first-order chi connectivity index (χ1) is 12.9. The van der Waals surface area contributed by atoms with E-state index in [4.69, 9.17) is 4.74 Å². The number of hydrogen-bond donors (Lipinski definition) is 1. The van der Waals surface area contributed by atoms with E-state index in [1.54, 1.807) is 55.6 Å². The molecule has 0 radical (unpaired) electrons. The second-order valence-corrected chi connectivity index (χ2v) is 7.30. The molecule has 1 unspecified atom stereocenters. The van der Waals surface area contributed by atoms with Gasteiger partial charge in [0.05, 0.1) is 16.0 Å². The standard InChI is InChI=1S/C19H18N2O5S/c1-11(2)15(20-16(22)14-8-5-9-27-14)19(25)26-10-21-17(23)12-6-3-4-7-13(12)18(21)24/h3-9,11,15H,10H2,1-2H3,(H,20,22). The number of rotatable bonds is 6. The fourth-order valence-electron chi connectivity index (χ4n) is 2.69. The van der Waals surface area contributed by atoms with Gasteiger partial charge < -0.3 is 10.1 Å². The van der Waals surface area contributed by atoms with Gasteiger partial charge in [0.25, 0.3) is 17.7 Å². The molecule has 3 amide bonds. The van der Waals surface area contributed by atoms with Crippen molar-refractivity contribution in [1.82, 2.24) is 10.2 Å². The molecule has 0 bridgehead atoms. The zero-order chi connectivity index (χ0) is 19.6. The number of fused-ring (bicyclic) bond motifs is 1. The number of imide groups is 1. The fraction of sp³-hybridized carbons (Fsp3) is 0.263. The number of carbonyl (C=O) groups is 4. The summed E-state index contributed by atoms with van der Waals surface area (Å²) in [5, 5.41) is 4.41. The lowest BCUT2D eigenvalue weighted by Gasteiger charge is -2.22. The summed E-state index contributed by atoms with van der Waals surface area (Å²) in [6.45, 7) is 3.04. The Bertz CT molecular complexity index is 856.